The first-order chi connectivity index (χ1) is 7.47. The highest BCUT2D eigenvalue weighted by molar-refractivity contribution is 5.90. The molecular formula is C9H11N3O3. The molecule has 2 aliphatic heterocycles. The average molecular weight is 209 g/mol. The Hall–Kier alpha value is -1.85. The van der Waals surface area contributed by atoms with Crippen molar-refractivity contribution in [3.8, 4) is 0 Å². The molecule has 0 saturated carbocycles. The predicted molar refractivity (Wildman–Crippen MR) is 52.9 cm³/mol. The first kappa shape index (κ1) is 9.70. The van der Waals surface area contributed by atoms with Gasteiger partial charge in [0, 0.05) is 12.6 Å². The second-order valence-electron chi connectivity index (χ2n) is 2.78. The van der Waals surface area contributed by atoms with Gasteiger partial charge in [-0.05, 0) is 0 Å². The van der Waals surface area contributed by atoms with Crippen LogP contribution in [0.1, 0.15) is 12.3 Å². The Morgan fingerprint density at radius 1 is 1.27 bits per heavy atom. The van der Waals surface area contributed by atoms with E-state index in [2.05, 4.69) is 20.0 Å². The number of hydrogen-bond acceptors (Lipinski definition) is 6. The van der Waals surface area contributed by atoms with Crippen molar-refractivity contribution in [3.63, 3.8) is 0 Å². The maximum absolute atomic E-state index is 5.09. The van der Waals surface area contributed by atoms with Crippen LogP contribution in [0.3, 0.4) is 0 Å². The highest BCUT2D eigenvalue weighted by Crippen LogP contribution is 2.03. The van der Waals surface area contributed by atoms with Crippen LogP contribution in [0.5, 0.6) is 0 Å². The Morgan fingerprint density at radius 2 is 2.27 bits per heavy atom. The van der Waals surface area contributed by atoms with E-state index < -0.39 is 0 Å². The first-order valence-electron chi connectivity index (χ1n) is 4.68. The maximum atomic E-state index is 5.09. The lowest BCUT2D eigenvalue weighted by molar-refractivity contribution is 0.174. The van der Waals surface area contributed by atoms with Crippen LogP contribution >= 0.6 is 0 Å². The van der Waals surface area contributed by atoms with Gasteiger partial charge in [-0.3, -0.25) is 0 Å². The second kappa shape index (κ2) is 5.14. The van der Waals surface area contributed by atoms with Gasteiger partial charge in [0.2, 0.25) is 0 Å². The lowest BCUT2D eigenvalue weighted by Crippen LogP contribution is -2.00. The fourth-order valence-corrected chi connectivity index (χ4v) is 1.06. The molecule has 0 bridgehead atoms. The largest absolute Gasteiger partial charge is 0.472 e. The number of hydrogen-bond donors (Lipinski definition) is 0. The monoisotopic (exact) mass is 209 g/mol. The van der Waals surface area contributed by atoms with Crippen molar-refractivity contribution in [3.05, 3.63) is 18.4 Å². The fourth-order valence-electron chi connectivity index (χ4n) is 1.06. The fraction of sp³-hybridized carbons (Fsp3) is 0.444. The molecule has 6 heteroatoms. The van der Waals surface area contributed by atoms with Crippen LogP contribution in [-0.2, 0) is 9.57 Å². The van der Waals surface area contributed by atoms with E-state index >= 15 is 0 Å². The molecule has 0 atom stereocenters. The smallest absolute Gasteiger partial charge is 0.282 e. The number of oxazole rings is 1. The molecule has 0 unspecified atom stereocenters. The van der Waals surface area contributed by atoms with Crippen molar-refractivity contribution in [2.45, 2.75) is 6.42 Å². The number of aliphatic imine (C=N–C) groups is 1. The SMILES string of the molecule is C1=NOCC1.c1coc(C2=NCCO2)n1. The molecule has 3 heterocycles. The van der Waals surface area contributed by atoms with Gasteiger partial charge in [0.1, 0.15) is 19.5 Å². The molecule has 1 aromatic rings. The normalized spacial score (nSPS) is 17.5. The Bertz CT molecular complexity index is 339. The number of rotatable bonds is 1. The minimum Gasteiger partial charge on any atom is -0.472 e. The van der Waals surface area contributed by atoms with Crippen LogP contribution in [-0.4, -0.2) is 36.9 Å². The summed E-state index contributed by atoms with van der Waals surface area (Å²) >= 11 is 0. The first-order valence-corrected chi connectivity index (χ1v) is 4.68. The van der Waals surface area contributed by atoms with E-state index in [1.807, 2.05) is 0 Å². The third-order valence-corrected chi connectivity index (χ3v) is 1.69. The van der Waals surface area contributed by atoms with Crippen molar-refractivity contribution >= 4 is 12.1 Å². The van der Waals surface area contributed by atoms with Crippen molar-refractivity contribution in [2.75, 3.05) is 19.8 Å². The van der Waals surface area contributed by atoms with Gasteiger partial charge >= 0.3 is 0 Å². The number of ether oxygens (including phenoxy) is 1. The molecule has 6 nitrogen and oxygen atoms in total. The van der Waals surface area contributed by atoms with Crippen molar-refractivity contribution < 1.29 is 14.0 Å². The number of nitrogens with zero attached hydrogens (tertiary/aromatic N) is 3. The van der Waals surface area contributed by atoms with Gasteiger partial charge in [-0.1, -0.05) is 5.16 Å². The summed E-state index contributed by atoms with van der Waals surface area (Å²) in [6, 6.07) is 0. The van der Waals surface area contributed by atoms with Crippen LogP contribution in [0, 0.1) is 0 Å². The number of aromatic nitrogens is 1. The minimum absolute atomic E-state index is 0.470. The van der Waals surface area contributed by atoms with Crippen molar-refractivity contribution in [1.29, 1.82) is 0 Å². The van der Waals surface area contributed by atoms with Gasteiger partial charge < -0.3 is 14.0 Å². The maximum Gasteiger partial charge on any atom is 0.282 e. The Balaban J connectivity index is 0.000000144. The quantitative estimate of drug-likeness (QED) is 0.687. The van der Waals surface area contributed by atoms with E-state index in [4.69, 9.17) is 9.15 Å². The van der Waals surface area contributed by atoms with E-state index in [-0.39, 0.29) is 0 Å². The number of oxime groups is 1. The van der Waals surface area contributed by atoms with Gasteiger partial charge in [-0.25, -0.2) is 9.98 Å². The van der Waals surface area contributed by atoms with Crippen molar-refractivity contribution in [2.24, 2.45) is 10.1 Å². The second-order valence-corrected chi connectivity index (χ2v) is 2.78. The molecule has 15 heavy (non-hydrogen) atoms. The molecule has 2 aliphatic rings. The highest BCUT2D eigenvalue weighted by Gasteiger charge is 2.13. The van der Waals surface area contributed by atoms with E-state index in [0.29, 0.717) is 24.9 Å². The van der Waals surface area contributed by atoms with Crippen LogP contribution in [0.2, 0.25) is 0 Å². The molecule has 0 saturated heterocycles. The van der Waals surface area contributed by atoms with Crippen LogP contribution in [0.25, 0.3) is 0 Å². The Morgan fingerprint density at radius 3 is 2.73 bits per heavy atom. The lowest BCUT2D eigenvalue weighted by Gasteiger charge is -1.92. The Labute approximate surface area is 86.6 Å². The van der Waals surface area contributed by atoms with Crippen molar-refractivity contribution in [1.82, 2.24) is 4.98 Å². The molecule has 1 aromatic heterocycles. The molecule has 0 aliphatic carbocycles. The van der Waals surface area contributed by atoms with E-state index in [9.17, 15) is 0 Å². The Kier molecular flexibility index (Phi) is 3.32. The molecule has 80 valence electrons. The van der Waals surface area contributed by atoms with Gasteiger partial charge in [0.15, 0.2) is 0 Å². The molecule has 0 fully saturated rings. The molecule has 0 spiro atoms. The van der Waals surface area contributed by atoms with Gasteiger partial charge in [0.05, 0.1) is 12.7 Å². The molecule has 0 radical (unpaired) electrons. The van der Waals surface area contributed by atoms with Gasteiger partial charge in [-0.15, -0.1) is 0 Å². The van der Waals surface area contributed by atoms with E-state index in [1.54, 1.807) is 12.4 Å². The summed E-state index contributed by atoms with van der Waals surface area (Å²) in [6.07, 6.45) is 5.82. The summed E-state index contributed by atoms with van der Waals surface area (Å²) in [7, 11) is 0. The minimum atomic E-state index is 0.470. The molecule has 0 N–H and O–H groups in total. The average Bonchev–Trinajstić information content (AvgIpc) is 3.06. The van der Waals surface area contributed by atoms with Crippen LogP contribution in [0.4, 0.5) is 0 Å². The zero-order chi connectivity index (χ0) is 10.3. The zero-order valence-electron chi connectivity index (χ0n) is 8.13. The van der Waals surface area contributed by atoms with Gasteiger partial charge in [0.25, 0.3) is 11.8 Å². The summed E-state index contributed by atoms with van der Waals surface area (Å²) in [4.78, 5) is 12.4. The summed E-state index contributed by atoms with van der Waals surface area (Å²) in [5.41, 5.74) is 0. The third-order valence-electron chi connectivity index (χ3n) is 1.69. The summed E-state index contributed by atoms with van der Waals surface area (Å²) < 4.78 is 10.0. The summed E-state index contributed by atoms with van der Waals surface area (Å²) in [5, 5.41) is 3.46. The van der Waals surface area contributed by atoms with E-state index in [0.717, 1.165) is 13.0 Å². The lowest BCUT2D eigenvalue weighted by atomic mass is 10.5. The molecular weight excluding hydrogens is 198 g/mol. The molecule has 0 amide bonds. The molecule has 3 rings (SSSR count). The molecule has 0 aromatic carbocycles. The third kappa shape index (κ3) is 2.80. The topological polar surface area (TPSA) is 69.2 Å². The van der Waals surface area contributed by atoms with Crippen LogP contribution < -0.4 is 0 Å². The zero-order valence-corrected chi connectivity index (χ0v) is 8.13. The van der Waals surface area contributed by atoms with Crippen LogP contribution in [0.15, 0.2) is 27.0 Å². The summed E-state index contributed by atoms with van der Waals surface area (Å²) in [6.45, 7) is 2.12. The van der Waals surface area contributed by atoms with E-state index in [1.165, 1.54) is 6.26 Å². The standard InChI is InChI=1S/C6H6N2O2.C3H5NO/c1-3-9-5(7-1)6-8-2-4-10-6;1-2-4-5-3-1/h1,3H,2,4H2;2H,1,3H2. The van der Waals surface area contributed by atoms with Gasteiger partial charge in [-0.2, -0.15) is 0 Å². The summed E-state index contributed by atoms with van der Waals surface area (Å²) in [5.74, 6) is 0.988. The highest BCUT2D eigenvalue weighted by atomic mass is 16.6. The predicted octanol–water partition coefficient (Wildman–Crippen LogP) is 0.844.